The van der Waals surface area contributed by atoms with Crippen LogP contribution in [0.5, 0.6) is 0 Å². The molecule has 0 radical (unpaired) electrons. The van der Waals surface area contributed by atoms with Crippen LogP contribution in [0.15, 0.2) is 0 Å². The van der Waals surface area contributed by atoms with E-state index in [1.165, 1.54) is 0 Å². The van der Waals surface area contributed by atoms with Gasteiger partial charge >= 0.3 is 0 Å². The van der Waals surface area contributed by atoms with Crippen LogP contribution in [0.1, 0.15) is 38.5 Å². The highest BCUT2D eigenvalue weighted by Crippen LogP contribution is 2.37. The normalized spacial score (nSPS) is 25.0. The van der Waals surface area contributed by atoms with E-state index in [1.54, 1.807) is 18.3 Å². The molecular formula is C12H16O3S. The summed E-state index contributed by atoms with van der Waals surface area (Å²) in [5.41, 5.74) is 1.79. The predicted molar refractivity (Wildman–Crippen MR) is 63.4 cm³/mol. The van der Waals surface area contributed by atoms with E-state index in [0.29, 0.717) is 13.2 Å². The van der Waals surface area contributed by atoms with Crippen molar-refractivity contribution < 1.29 is 14.6 Å². The van der Waals surface area contributed by atoms with Crippen LogP contribution in [-0.2, 0) is 4.74 Å². The lowest BCUT2D eigenvalue weighted by Gasteiger charge is -2.14. The molecule has 2 atom stereocenters. The Morgan fingerprint density at radius 1 is 1.38 bits per heavy atom. The largest absolute Gasteiger partial charge is 0.390 e. The second-order valence-corrected chi connectivity index (χ2v) is 5.70. The van der Waals surface area contributed by atoms with Crippen molar-refractivity contribution in [2.75, 3.05) is 13.2 Å². The van der Waals surface area contributed by atoms with Gasteiger partial charge in [-0.2, -0.15) is 0 Å². The summed E-state index contributed by atoms with van der Waals surface area (Å²) in [6, 6.07) is 0. The minimum absolute atomic E-state index is 0.0381. The maximum absolute atomic E-state index is 11.6. The van der Waals surface area contributed by atoms with Crippen molar-refractivity contribution in [3.05, 3.63) is 20.9 Å². The number of hydrogen-bond donors (Lipinski definition) is 1. The quantitative estimate of drug-likeness (QED) is 0.805. The maximum atomic E-state index is 11.6. The molecule has 1 aromatic rings. The summed E-state index contributed by atoms with van der Waals surface area (Å²) in [4.78, 5) is 13.8. The number of Topliss-reactive ketones (excluding diaryl/α,β-unsaturated/α-hetero) is 1. The van der Waals surface area contributed by atoms with Crippen LogP contribution < -0.4 is 0 Å². The van der Waals surface area contributed by atoms with Gasteiger partial charge in [-0.3, -0.25) is 4.79 Å². The van der Waals surface area contributed by atoms with E-state index in [9.17, 15) is 9.90 Å². The molecule has 0 aliphatic carbocycles. The van der Waals surface area contributed by atoms with E-state index in [1.807, 2.05) is 13.8 Å². The number of ketones is 1. The predicted octanol–water partition coefficient (Wildman–Crippen LogP) is 2.04. The van der Waals surface area contributed by atoms with Crippen LogP contribution in [0.2, 0.25) is 0 Å². The third-order valence-electron chi connectivity index (χ3n) is 3.08. The van der Waals surface area contributed by atoms with Crippen LogP contribution in [0.3, 0.4) is 0 Å². The second-order valence-electron chi connectivity index (χ2n) is 4.27. The molecule has 2 rings (SSSR count). The Morgan fingerprint density at radius 2 is 2.06 bits per heavy atom. The number of carbonyl (C=O) groups is 1. The first-order valence-corrected chi connectivity index (χ1v) is 6.20. The fourth-order valence-corrected chi connectivity index (χ4v) is 3.58. The summed E-state index contributed by atoms with van der Waals surface area (Å²) in [5, 5.41) is 9.85. The molecule has 0 amide bonds. The van der Waals surface area contributed by atoms with Gasteiger partial charge in [0.1, 0.15) is 0 Å². The fourth-order valence-electron chi connectivity index (χ4n) is 2.40. The summed E-state index contributed by atoms with van der Waals surface area (Å²) in [5.74, 6) is 0.0415. The molecule has 1 aromatic heterocycles. The molecule has 16 heavy (non-hydrogen) atoms. The first-order chi connectivity index (χ1) is 7.52. The SMILES string of the molecule is CC(=O)c1c(C)sc(C)c1[C@H]1COC[C@H]1O. The van der Waals surface area contributed by atoms with Gasteiger partial charge in [-0.15, -0.1) is 11.3 Å². The number of aryl methyl sites for hydroxylation is 2. The average molecular weight is 240 g/mol. The fraction of sp³-hybridized carbons (Fsp3) is 0.583. The molecule has 0 unspecified atom stereocenters. The lowest BCUT2D eigenvalue weighted by Crippen LogP contribution is -2.18. The van der Waals surface area contributed by atoms with E-state index < -0.39 is 6.10 Å². The monoisotopic (exact) mass is 240 g/mol. The standard InChI is InChI=1S/C12H16O3S/c1-6(13)11-7(2)16-8(3)12(11)9-4-15-5-10(9)14/h9-10,14H,4-5H2,1-3H3/t9-,10+/m0/s1. The highest BCUT2D eigenvalue weighted by Gasteiger charge is 2.33. The Morgan fingerprint density at radius 3 is 2.56 bits per heavy atom. The van der Waals surface area contributed by atoms with Crippen molar-refractivity contribution in [3.8, 4) is 0 Å². The molecule has 0 bridgehead atoms. The number of thiophene rings is 1. The van der Waals surface area contributed by atoms with Crippen LogP contribution in [0, 0.1) is 13.8 Å². The summed E-state index contributed by atoms with van der Waals surface area (Å²) < 4.78 is 5.27. The van der Waals surface area contributed by atoms with Crippen molar-refractivity contribution in [2.45, 2.75) is 32.8 Å². The summed E-state index contributed by atoms with van der Waals surface area (Å²) in [6.07, 6.45) is -0.481. The van der Waals surface area contributed by atoms with Gasteiger partial charge < -0.3 is 9.84 Å². The van der Waals surface area contributed by atoms with Gasteiger partial charge in [0, 0.05) is 21.2 Å². The zero-order valence-electron chi connectivity index (χ0n) is 9.74. The van der Waals surface area contributed by atoms with Gasteiger partial charge in [0.2, 0.25) is 0 Å². The Kier molecular flexibility index (Phi) is 3.15. The van der Waals surface area contributed by atoms with Gasteiger partial charge in [-0.05, 0) is 26.3 Å². The minimum atomic E-state index is -0.481. The Labute approximate surface area is 99.1 Å². The van der Waals surface area contributed by atoms with Gasteiger partial charge in [0.05, 0.1) is 19.3 Å². The van der Waals surface area contributed by atoms with Crippen LogP contribution in [-0.4, -0.2) is 30.2 Å². The van der Waals surface area contributed by atoms with Gasteiger partial charge in [0.15, 0.2) is 5.78 Å². The van der Waals surface area contributed by atoms with E-state index >= 15 is 0 Å². The topological polar surface area (TPSA) is 46.5 Å². The first kappa shape index (κ1) is 11.8. The third kappa shape index (κ3) is 1.81. The second kappa shape index (κ2) is 4.28. The molecule has 1 aliphatic heterocycles. The van der Waals surface area contributed by atoms with E-state index in [4.69, 9.17) is 4.74 Å². The Hall–Kier alpha value is -0.710. The molecule has 0 saturated carbocycles. The molecule has 1 fully saturated rings. The molecule has 4 heteroatoms. The van der Waals surface area contributed by atoms with E-state index in [0.717, 1.165) is 20.9 Å². The van der Waals surface area contributed by atoms with Crippen LogP contribution in [0.25, 0.3) is 0 Å². The smallest absolute Gasteiger partial charge is 0.161 e. The molecule has 2 heterocycles. The van der Waals surface area contributed by atoms with E-state index in [-0.39, 0.29) is 11.7 Å². The third-order valence-corrected chi connectivity index (χ3v) is 4.12. The van der Waals surface area contributed by atoms with Crippen LogP contribution >= 0.6 is 11.3 Å². The zero-order chi connectivity index (χ0) is 11.9. The molecular weight excluding hydrogens is 224 g/mol. The molecule has 0 aromatic carbocycles. The van der Waals surface area contributed by atoms with Gasteiger partial charge in [-0.1, -0.05) is 0 Å². The molecule has 88 valence electrons. The number of hydrogen-bond acceptors (Lipinski definition) is 4. The number of rotatable bonds is 2. The lowest BCUT2D eigenvalue weighted by atomic mass is 9.91. The summed E-state index contributed by atoms with van der Waals surface area (Å²) in [6.45, 7) is 6.43. The molecule has 1 aliphatic rings. The zero-order valence-corrected chi connectivity index (χ0v) is 10.6. The first-order valence-electron chi connectivity index (χ1n) is 5.39. The highest BCUT2D eigenvalue weighted by atomic mass is 32.1. The minimum Gasteiger partial charge on any atom is -0.390 e. The van der Waals surface area contributed by atoms with Crippen molar-refractivity contribution >= 4 is 17.1 Å². The lowest BCUT2D eigenvalue weighted by molar-refractivity contribution is 0.101. The maximum Gasteiger partial charge on any atom is 0.161 e. The molecule has 1 N–H and O–H groups in total. The molecule has 3 nitrogen and oxygen atoms in total. The van der Waals surface area contributed by atoms with Crippen molar-refractivity contribution in [1.29, 1.82) is 0 Å². The number of carbonyl (C=O) groups excluding carboxylic acids is 1. The summed E-state index contributed by atoms with van der Waals surface area (Å²) in [7, 11) is 0. The van der Waals surface area contributed by atoms with E-state index in [2.05, 4.69) is 0 Å². The molecule has 0 spiro atoms. The summed E-state index contributed by atoms with van der Waals surface area (Å²) >= 11 is 1.63. The van der Waals surface area contributed by atoms with Crippen molar-refractivity contribution in [1.82, 2.24) is 0 Å². The highest BCUT2D eigenvalue weighted by molar-refractivity contribution is 7.12. The Bertz CT molecular complexity index is 422. The van der Waals surface area contributed by atoms with Crippen molar-refractivity contribution in [2.24, 2.45) is 0 Å². The Balaban J connectivity index is 2.50. The van der Waals surface area contributed by atoms with Crippen molar-refractivity contribution in [3.63, 3.8) is 0 Å². The number of aliphatic hydroxyl groups excluding tert-OH is 1. The average Bonchev–Trinajstić information content (AvgIpc) is 2.69. The van der Waals surface area contributed by atoms with Gasteiger partial charge in [0.25, 0.3) is 0 Å². The molecule has 1 saturated heterocycles. The number of aliphatic hydroxyl groups is 1. The van der Waals surface area contributed by atoms with Crippen LogP contribution in [0.4, 0.5) is 0 Å². The van der Waals surface area contributed by atoms with Gasteiger partial charge in [-0.25, -0.2) is 0 Å². The number of ether oxygens (including phenoxy) is 1.